The highest BCUT2D eigenvalue weighted by molar-refractivity contribution is 5.93. The number of amides is 2. The molecule has 1 aromatic rings. The van der Waals surface area contributed by atoms with Gasteiger partial charge in [0.2, 0.25) is 5.91 Å². The van der Waals surface area contributed by atoms with Crippen molar-refractivity contribution in [2.24, 2.45) is 0 Å². The Bertz CT molecular complexity index is 465. The van der Waals surface area contributed by atoms with Gasteiger partial charge in [0, 0.05) is 32.6 Å². The number of nitrogens with zero attached hydrogens (tertiary/aromatic N) is 1. The Kier molecular flexibility index (Phi) is 6.45. The second-order valence-corrected chi connectivity index (χ2v) is 4.16. The summed E-state index contributed by atoms with van der Waals surface area (Å²) >= 11 is 0. The molecule has 0 aliphatic rings. The van der Waals surface area contributed by atoms with E-state index in [0.717, 1.165) is 0 Å². The lowest BCUT2D eigenvalue weighted by atomic mass is 10.2. The first-order valence-corrected chi connectivity index (χ1v) is 6.29. The summed E-state index contributed by atoms with van der Waals surface area (Å²) in [4.78, 5) is 27.2. The van der Waals surface area contributed by atoms with Crippen LogP contribution in [0, 0.1) is 0 Å². The van der Waals surface area contributed by atoms with E-state index in [-0.39, 0.29) is 11.8 Å². The van der Waals surface area contributed by atoms with Crippen molar-refractivity contribution >= 4 is 17.5 Å². The Morgan fingerprint density at radius 1 is 1.45 bits per heavy atom. The first-order chi connectivity index (χ1) is 9.58. The molecule has 1 atom stereocenters. The maximum atomic E-state index is 11.8. The van der Waals surface area contributed by atoms with E-state index < -0.39 is 6.04 Å². The maximum absolute atomic E-state index is 11.8. The van der Waals surface area contributed by atoms with Crippen LogP contribution < -0.4 is 16.0 Å². The number of pyridine rings is 1. The number of hydrogen-bond acceptors (Lipinski definition) is 5. The third-order valence-corrected chi connectivity index (χ3v) is 2.60. The standard InChI is InChI=1S/C13H20N4O3/c1-9(12(18)16-6-7-20-3)17-10-4-5-15-11(8-10)13(19)14-2/h4-5,8-9H,6-7H2,1-3H3,(H,14,19)(H,15,17)(H,16,18). The summed E-state index contributed by atoms with van der Waals surface area (Å²) in [6, 6.07) is 2.87. The van der Waals surface area contributed by atoms with Gasteiger partial charge in [-0.3, -0.25) is 14.6 Å². The van der Waals surface area contributed by atoms with Gasteiger partial charge in [-0.15, -0.1) is 0 Å². The van der Waals surface area contributed by atoms with E-state index in [9.17, 15) is 9.59 Å². The Hall–Kier alpha value is -2.15. The van der Waals surface area contributed by atoms with Gasteiger partial charge < -0.3 is 20.7 Å². The predicted molar refractivity (Wildman–Crippen MR) is 75.6 cm³/mol. The monoisotopic (exact) mass is 280 g/mol. The minimum atomic E-state index is -0.424. The van der Waals surface area contributed by atoms with E-state index in [4.69, 9.17) is 4.74 Å². The number of ether oxygens (including phenoxy) is 1. The first kappa shape index (κ1) is 15.9. The zero-order valence-electron chi connectivity index (χ0n) is 11.9. The second-order valence-electron chi connectivity index (χ2n) is 4.16. The van der Waals surface area contributed by atoms with Crippen molar-refractivity contribution in [2.45, 2.75) is 13.0 Å². The number of anilines is 1. The first-order valence-electron chi connectivity index (χ1n) is 6.29. The molecule has 0 saturated carbocycles. The number of carbonyl (C=O) groups is 2. The molecule has 0 radical (unpaired) electrons. The van der Waals surface area contributed by atoms with Crippen molar-refractivity contribution in [3.8, 4) is 0 Å². The molecule has 7 nitrogen and oxygen atoms in total. The van der Waals surface area contributed by atoms with Crippen LogP contribution in [0.5, 0.6) is 0 Å². The van der Waals surface area contributed by atoms with E-state index in [1.807, 2.05) is 0 Å². The molecule has 3 N–H and O–H groups in total. The fourth-order valence-electron chi connectivity index (χ4n) is 1.52. The molecule has 0 aliphatic heterocycles. The van der Waals surface area contributed by atoms with Crippen molar-refractivity contribution < 1.29 is 14.3 Å². The zero-order chi connectivity index (χ0) is 15.0. The van der Waals surface area contributed by atoms with E-state index in [1.165, 1.54) is 13.2 Å². The molecule has 110 valence electrons. The van der Waals surface area contributed by atoms with Gasteiger partial charge in [-0.2, -0.15) is 0 Å². The SMILES string of the molecule is CNC(=O)c1cc(NC(C)C(=O)NCCOC)ccn1. The van der Waals surface area contributed by atoms with Crippen LogP contribution in [0.15, 0.2) is 18.3 Å². The molecule has 0 saturated heterocycles. The summed E-state index contributed by atoms with van der Waals surface area (Å²) in [5.41, 5.74) is 0.956. The molecule has 0 fully saturated rings. The van der Waals surface area contributed by atoms with Gasteiger partial charge in [-0.25, -0.2) is 0 Å². The van der Waals surface area contributed by atoms with Crippen molar-refractivity contribution in [3.63, 3.8) is 0 Å². The minimum Gasteiger partial charge on any atom is -0.383 e. The Morgan fingerprint density at radius 3 is 2.85 bits per heavy atom. The highest BCUT2D eigenvalue weighted by atomic mass is 16.5. The van der Waals surface area contributed by atoms with Crippen molar-refractivity contribution in [1.82, 2.24) is 15.6 Å². The van der Waals surface area contributed by atoms with Gasteiger partial charge >= 0.3 is 0 Å². The Labute approximate surface area is 118 Å². The molecule has 7 heteroatoms. The fraction of sp³-hybridized carbons (Fsp3) is 0.462. The summed E-state index contributed by atoms with van der Waals surface area (Å²) in [5, 5.41) is 8.24. The molecule has 1 unspecified atom stereocenters. The van der Waals surface area contributed by atoms with Crippen molar-refractivity contribution in [3.05, 3.63) is 24.0 Å². The molecule has 1 aromatic heterocycles. The molecule has 0 aromatic carbocycles. The molecule has 0 bridgehead atoms. The molecule has 2 amide bonds. The summed E-state index contributed by atoms with van der Waals surface area (Å²) in [6.07, 6.45) is 1.52. The number of rotatable bonds is 7. The predicted octanol–water partition coefficient (Wildman–Crippen LogP) is 0.00420. The lowest BCUT2D eigenvalue weighted by Crippen LogP contribution is -2.39. The summed E-state index contributed by atoms with van der Waals surface area (Å²) < 4.78 is 4.86. The maximum Gasteiger partial charge on any atom is 0.269 e. The van der Waals surface area contributed by atoms with Crippen LogP contribution in [0.25, 0.3) is 0 Å². The molecule has 0 spiro atoms. The van der Waals surface area contributed by atoms with Gasteiger partial charge in [-0.05, 0) is 19.1 Å². The normalized spacial score (nSPS) is 11.6. The number of aromatic nitrogens is 1. The molecule has 1 rings (SSSR count). The average molecular weight is 280 g/mol. The number of methoxy groups -OCH3 is 1. The highest BCUT2D eigenvalue weighted by Crippen LogP contribution is 2.09. The van der Waals surface area contributed by atoms with E-state index in [2.05, 4.69) is 20.9 Å². The number of carbonyl (C=O) groups excluding carboxylic acids is 2. The third-order valence-electron chi connectivity index (χ3n) is 2.60. The van der Waals surface area contributed by atoms with Crippen LogP contribution in [0.2, 0.25) is 0 Å². The largest absolute Gasteiger partial charge is 0.383 e. The van der Waals surface area contributed by atoms with Gasteiger partial charge in [0.1, 0.15) is 11.7 Å². The highest BCUT2D eigenvalue weighted by Gasteiger charge is 2.13. The molecular formula is C13H20N4O3. The van der Waals surface area contributed by atoms with E-state index in [0.29, 0.717) is 24.5 Å². The Balaban J connectivity index is 2.59. The smallest absolute Gasteiger partial charge is 0.269 e. The average Bonchev–Trinajstić information content (AvgIpc) is 2.46. The fourth-order valence-corrected chi connectivity index (χ4v) is 1.52. The van der Waals surface area contributed by atoms with E-state index in [1.54, 1.807) is 26.2 Å². The van der Waals surface area contributed by atoms with Gasteiger partial charge in [0.25, 0.3) is 5.91 Å². The van der Waals surface area contributed by atoms with E-state index >= 15 is 0 Å². The number of nitrogens with one attached hydrogen (secondary N) is 3. The van der Waals surface area contributed by atoms with Crippen LogP contribution in [0.4, 0.5) is 5.69 Å². The molecule has 20 heavy (non-hydrogen) atoms. The third kappa shape index (κ3) is 4.85. The number of hydrogen-bond donors (Lipinski definition) is 3. The second kappa shape index (κ2) is 8.11. The molecular weight excluding hydrogens is 260 g/mol. The van der Waals surface area contributed by atoms with Crippen LogP contribution in [-0.2, 0) is 9.53 Å². The topological polar surface area (TPSA) is 92.4 Å². The van der Waals surface area contributed by atoms with Gasteiger partial charge in [0.05, 0.1) is 6.61 Å². The quantitative estimate of drug-likeness (QED) is 0.612. The molecule has 0 aliphatic carbocycles. The zero-order valence-corrected chi connectivity index (χ0v) is 11.9. The summed E-state index contributed by atoms with van der Waals surface area (Å²) in [7, 11) is 3.11. The minimum absolute atomic E-state index is 0.139. The van der Waals surface area contributed by atoms with Crippen LogP contribution in [0.1, 0.15) is 17.4 Å². The van der Waals surface area contributed by atoms with Crippen LogP contribution in [-0.4, -0.2) is 50.1 Å². The van der Waals surface area contributed by atoms with Gasteiger partial charge in [0.15, 0.2) is 0 Å². The van der Waals surface area contributed by atoms with Crippen molar-refractivity contribution in [2.75, 3.05) is 32.6 Å². The van der Waals surface area contributed by atoms with Crippen LogP contribution >= 0.6 is 0 Å². The lowest BCUT2D eigenvalue weighted by molar-refractivity contribution is -0.121. The summed E-state index contributed by atoms with van der Waals surface area (Å²) in [5.74, 6) is -0.411. The van der Waals surface area contributed by atoms with Crippen molar-refractivity contribution in [1.29, 1.82) is 0 Å². The lowest BCUT2D eigenvalue weighted by Gasteiger charge is -2.15. The summed E-state index contributed by atoms with van der Waals surface area (Å²) in [6.45, 7) is 2.66. The van der Waals surface area contributed by atoms with Crippen LogP contribution in [0.3, 0.4) is 0 Å². The van der Waals surface area contributed by atoms with Gasteiger partial charge in [-0.1, -0.05) is 0 Å². The molecule has 1 heterocycles. The Morgan fingerprint density at radius 2 is 2.20 bits per heavy atom.